The van der Waals surface area contributed by atoms with Crippen molar-refractivity contribution in [1.82, 2.24) is 9.80 Å². The first-order valence-corrected chi connectivity index (χ1v) is 10.6. The Kier molecular flexibility index (Phi) is 7.42. The number of terminal acetylenes is 1. The SMILES string of the molecule is C#CCOc1cc(Br)c(/C=C2/SC(=O)N(CC(=O)N3CCOCC3)C2=O)cc1OC. The van der Waals surface area contributed by atoms with E-state index in [0.717, 1.165) is 16.7 Å². The number of nitrogens with zero attached hydrogens (tertiary/aromatic N) is 2. The van der Waals surface area contributed by atoms with E-state index in [9.17, 15) is 14.4 Å². The molecular weight excluding hydrogens is 476 g/mol. The Bertz CT molecular complexity index is 936. The first-order valence-electron chi connectivity index (χ1n) is 8.99. The number of rotatable bonds is 6. The van der Waals surface area contributed by atoms with Crippen LogP contribution in [0.3, 0.4) is 0 Å². The van der Waals surface area contributed by atoms with Gasteiger partial charge in [-0.25, -0.2) is 0 Å². The van der Waals surface area contributed by atoms with Crippen LogP contribution in [0.1, 0.15) is 5.56 Å². The summed E-state index contributed by atoms with van der Waals surface area (Å²) in [5, 5.41) is -0.482. The highest BCUT2D eigenvalue weighted by molar-refractivity contribution is 9.10. The average molecular weight is 495 g/mol. The fourth-order valence-corrected chi connectivity index (χ4v) is 4.14. The van der Waals surface area contributed by atoms with Crippen LogP contribution in [-0.4, -0.2) is 73.4 Å². The summed E-state index contributed by atoms with van der Waals surface area (Å²) in [5.41, 5.74) is 0.616. The number of halogens is 1. The molecule has 3 amide bonds. The van der Waals surface area contributed by atoms with E-state index < -0.39 is 11.1 Å². The quantitative estimate of drug-likeness (QED) is 0.443. The first-order chi connectivity index (χ1) is 14.4. The average Bonchev–Trinajstić information content (AvgIpc) is 3.01. The highest BCUT2D eigenvalue weighted by Crippen LogP contribution is 2.38. The van der Waals surface area contributed by atoms with Crippen molar-refractivity contribution in [3.8, 4) is 23.8 Å². The number of hydrogen-bond acceptors (Lipinski definition) is 7. The fraction of sp³-hybridized carbons (Fsp3) is 0.350. The molecule has 0 unspecified atom stereocenters. The van der Waals surface area contributed by atoms with Crippen molar-refractivity contribution in [3.63, 3.8) is 0 Å². The molecule has 3 rings (SSSR count). The maximum atomic E-state index is 12.7. The zero-order valence-corrected chi connectivity index (χ0v) is 18.6. The zero-order valence-electron chi connectivity index (χ0n) is 16.2. The molecule has 10 heteroatoms. The minimum absolute atomic E-state index is 0.0816. The molecule has 0 aliphatic carbocycles. The summed E-state index contributed by atoms with van der Waals surface area (Å²) < 4.78 is 16.6. The molecule has 2 heterocycles. The first kappa shape index (κ1) is 22.2. The molecule has 1 aromatic rings. The van der Waals surface area contributed by atoms with Gasteiger partial charge in [-0.2, -0.15) is 0 Å². The Hall–Kier alpha value is -2.48. The Balaban J connectivity index is 1.78. The van der Waals surface area contributed by atoms with Gasteiger partial charge in [0.15, 0.2) is 11.5 Å². The van der Waals surface area contributed by atoms with Crippen molar-refractivity contribution in [2.45, 2.75) is 0 Å². The number of thioether (sulfide) groups is 1. The van der Waals surface area contributed by atoms with Gasteiger partial charge in [-0.05, 0) is 35.5 Å². The van der Waals surface area contributed by atoms with Gasteiger partial charge in [0.2, 0.25) is 5.91 Å². The molecule has 2 aliphatic rings. The second-order valence-electron chi connectivity index (χ2n) is 6.28. The summed E-state index contributed by atoms with van der Waals surface area (Å²) in [7, 11) is 1.49. The molecule has 0 N–H and O–H groups in total. The lowest BCUT2D eigenvalue weighted by Gasteiger charge is -2.28. The second kappa shape index (κ2) is 10.0. The number of ether oxygens (including phenoxy) is 3. The van der Waals surface area contributed by atoms with Crippen molar-refractivity contribution in [1.29, 1.82) is 0 Å². The number of carbonyl (C=O) groups is 3. The van der Waals surface area contributed by atoms with Crippen molar-refractivity contribution in [2.75, 3.05) is 46.6 Å². The van der Waals surface area contributed by atoms with E-state index in [1.807, 2.05) is 0 Å². The largest absolute Gasteiger partial charge is 0.493 e. The van der Waals surface area contributed by atoms with Gasteiger partial charge < -0.3 is 19.1 Å². The van der Waals surface area contributed by atoms with Crippen molar-refractivity contribution < 1.29 is 28.6 Å². The summed E-state index contributed by atoms with van der Waals surface area (Å²) in [6.45, 7) is 1.59. The number of benzene rings is 1. The van der Waals surface area contributed by atoms with Gasteiger partial charge in [-0.3, -0.25) is 19.3 Å². The summed E-state index contributed by atoms with van der Waals surface area (Å²) >= 11 is 4.22. The van der Waals surface area contributed by atoms with Crippen LogP contribution in [0.25, 0.3) is 6.08 Å². The second-order valence-corrected chi connectivity index (χ2v) is 8.13. The Morgan fingerprint density at radius 1 is 1.33 bits per heavy atom. The molecule has 2 saturated heterocycles. The van der Waals surface area contributed by atoms with Crippen LogP contribution in [0.2, 0.25) is 0 Å². The molecule has 0 aromatic heterocycles. The van der Waals surface area contributed by atoms with E-state index in [0.29, 0.717) is 47.8 Å². The van der Waals surface area contributed by atoms with Crippen LogP contribution in [0, 0.1) is 12.3 Å². The number of morpholine rings is 1. The smallest absolute Gasteiger partial charge is 0.294 e. The molecule has 1 aromatic carbocycles. The normalized spacial score (nSPS) is 18.0. The maximum absolute atomic E-state index is 12.7. The number of carbonyl (C=O) groups excluding carboxylic acids is 3. The third-order valence-corrected chi connectivity index (χ3v) is 6.01. The Labute approximate surface area is 186 Å². The highest BCUT2D eigenvalue weighted by Gasteiger charge is 2.37. The van der Waals surface area contributed by atoms with Crippen molar-refractivity contribution in [3.05, 3.63) is 27.1 Å². The molecule has 0 saturated carbocycles. The van der Waals surface area contributed by atoms with Crippen LogP contribution in [0.15, 0.2) is 21.5 Å². The van der Waals surface area contributed by atoms with Crippen LogP contribution in [0.5, 0.6) is 11.5 Å². The molecule has 30 heavy (non-hydrogen) atoms. The molecule has 2 aliphatic heterocycles. The topological polar surface area (TPSA) is 85.4 Å². The monoisotopic (exact) mass is 494 g/mol. The number of methoxy groups -OCH3 is 1. The molecule has 158 valence electrons. The van der Waals surface area contributed by atoms with Gasteiger partial charge in [-0.1, -0.05) is 21.9 Å². The molecular formula is C20H19BrN2O6S. The Morgan fingerprint density at radius 2 is 2.07 bits per heavy atom. The van der Waals surface area contributed by atoms with Gasteiger partial charge in [0.1, 0.15) is 13.2 Å². The standard InChI is InChI=1S/C20H19BrN2O6S/c1-3-6-29-16-11-14(21)13(9-15(16)27-2)10-17-19(25)23(20(26)30-17)12-18(24)22-4-7-28-8-5-22/h1,9-11H,4-8,12H2,2H3/b17-10+. The highest BCUT2D eigenvalue weighted by atomic mass is 79.9. The van der Waals surface area contributed by atoms with Crippen LogP contribution < -0.4 is 9.47 Å². The van der Waals surface area contributed by atoms with E-state index in [1.54, 1.807) is 23.1 Å². The number of amides is 3. The number of hydrogen-bond donors (Lipinski definition) is 0. The number of imide groups is 1. The zero-order chi connectivity index (χ0) is 21.7. The predicted octanol–water partition coefficient (Wildman–Crippen LogP) is 2.36. The predicted molar refractivity (Wildman–Crippen MR) is 115 cm³/mol. The molecule has 0 spiro atoms. The minimum atomic E-state index is -0.509. The van der Waals surface area contributed by atoms with Crippen LogP contribution in [0.4, 0.5) is 4.79 Å². The minimum Gasteiger partial charge on any atom is -0.493 e. The van der Waals surface area contributed by atoms with E-state index in [-0.39, 0.29) is 24.0 Å². The van der Waals surface area contributed by atoms with Gasteiger partial charge >= 0.3 is 0 Å². The summed E-state index contributed by atoms with van der Waals surface area (Å²) in [5.74, 6) is 2.47. The van der Waals surface area contributed by atoms with Gasteiger partial charge in [0.05, 0.1) is 25.2 Å². The van der Waals surface area contributed by atoms with Crippen molar-refractivity contribution in [2.24, 2.45) is 0 Å². The summed E-state index contributed by atoms with van der Waals surface area (Å²) in [6.07, 6.45) is 6.79. The lowest BCUT2D eigenvalue weighted by Crippen LogP contribution is -2.46. The van der Waals surface area contributed by atoms with Gasteiger partial charge in [-0.15, -0.1) is 6.42 Å². The molecule has 0 atom stereocenters. The Morgan fingerprint density at radius 3 is 2.73 bits per heavy atom. The lowest BCUT2D eigenvalue weighted by molar-refractivity contribution is -0.139. The maximum Gasteiger partial charge on any atom is 0.294 e. The van der Waals surface area contributed by atoms with Gasteiger partial charge in [0, 0.05) is 17.6 Å². The molecule has 2 fully saturated rings. The fourth-order valence-electron chi connectivity index (χ4n) is 2.88. The van der Waals surface area contributed by atoms with E-state index in [1.165, 1.54) is 7.11 Å². The van der Waals surface area contributed by atoms with Gasteiger partial charge in [0.25, 0.3) is 11.1 Å². The third kappa shape index (κ3) is 4.98. The third-order valence-electron chi connectivity index (χ3n) is 4.41. The molecule has 0 bridgehead atoms. The van der Waals surface area contributed by atoms with E-state index >= 15 is 0 Å². The van der Waals surface area contributed by atoms with E-state index in [4.69, 9.17) is 20.6 Å². The lowest BCUT2D eigenvalue weighted by atomic mass is 10.2. The summed E-state index contributed by atoms with van der Waals surface area (Å²) in [4.78, 5) is 40.3. The van der Waals surface area contributed by atoms with Crippen LogP contribution in [-0.2, 0) is 14.3 Å². The van der Waals surface area contributed by atoms with E-state index in [2.05, 4.69) is 21.9 Å². The van der Waals surface area contributed by atoms with Crippen LogP contribution >= 0.6 is 27.7 Å². The molecule has 0 radical (unpaired) electrons. The molecule has 8 nitrogen and oxygen atoms in total. The summed E-state index contributed by atoms with van der Waals surface area (Å²) in [6, 6.07) is 3.34. The van der Waals surface area contributed by atoms with Crippen molar-refractivity contribution >= 4 is 50.8 Å².